The van der Waals surface area contributed by atoms with Crippen LogP contribution in [0.4, 0.5) is 9.59 Å². The number of hydrogen-bond acceptors (Lipinski definition) is 11. The van der Waals surface area contributed by atoms with Gasteiger partial charge in [-0.1, -0.05) is 88.4 Å². The highest BCUT2D eigenvalue weighted by atomic mass is 35.5. The molecule has 0 aliphatic heterocycles. The van der Waals surface area contributed by atoms with E-state index in [2.05, 4.69) is 10.6 Å². The SMILES string of the molecule is C.C.CC1(O)CCCC1.CC1(OC(=O)CCN)CCCC1.CC1(OC(=O)CCNC(=O)OCc2ccccc2)CCCC1.Cl.ClCCl.O=C(O)CCNC(=O)OCc1ccccc1.[HH].[HH]. The van der Waals surface area contributed by atoms with Gasteiger partial charge in [0.1, 0.15) is 24.4 Å². The van der Waals surface area contributed by atoms with Gasteiger partial charge in [-0.15, -0.1) is 35.6 Å². The number of carboxylic acid groups (broad SMARTS) is 1. The lowest BCUT2D eigenvalue weighted by molar-refractivity contribution is -0.158. The fraction of sp³-hybridized carbons (Fsp3) is 0.630. The number of alkyl halides is 2. The molecule has 0 saturated heterocycles. The minimum absolute atomic E-state index is 0. The molecule has 0 spiro atoms. The molecule has 14 nitrogen and oxygen atoms in total. The summed E-state index contributed by atoms with van der Waals surface area (Å²) in [5.41, 5.74) is 6.25. The number of ether oxygens (including phenoxy) is 4. The van der Waals surface area contributed by atoms with E-state index in [4.69, 9.17) is 53.0 Å². The first-order valence-corrected chi connectivity index (χ1v) is 21.7. The standard InChI is InChI=1S/C17H23NO4.C11H13NO4.C9H17NO2.C6H12O.CH2Cl2.2CH4.ClH.2H2/c1-17(10-5-6-11-17)22-15(19)9-12-18-16(20)21-13-14-7-3-2-4-8-14;13-10(14)6-7-12-11(15)16-8-9-4-2-1-3-5-9;1-9(5-2-3-6-9)12-8(11)4-7-10;1-6(7)4-2-3-5-6;2-1-3;;;;;/h2-4,7-8H,5-6,9-13H2,1H3,(H,18,20);1-5H,6-8H2,(H,12,15)(H,13,14);2-7,10H2,1H3;7H,2-5H2,1H3;1H2;2*1H4;3*1H. The number of nitrogens with one attached hydrogen (secondary N) is 2. The van der Waals surface area contributed by atoms with E-state index >= 15 is 0 Å². The van der Waals surface area contributed by atoms with Crippen LogP contribution in [-0.2, 0) is 46.5 Å². The minimum atomic E-state index is -0.955. The first-order chi connectivity index (χ1) is 28.5. The number of carbonyl (C=O) groups excluding carboxylic acids is 4. The van der Waals surface area contributed by atoms with Gasteiger partial charge in [0.15, 0.2) is 0 Å². The Morgan fingerprint density at radius 3 is 1.29 bits per heavy atom. The van der Waals surface area contributed by atoms with Crippen molar-refractivity contribution in [3.63, 3.8) is 0 Å². The Hall–Kier alpha value is -3.82. The van der Waals surface area contributed by atoms with Crippen LogP contribution in [0.1, 0.15) is 146 Å². The molecule has 3 fully saturated rings. The molecule has 0 radical (unpaired) electrons. The van der Waals surface area contributed by atoms with Gasteiger partial charge in [0.05, 0.1) is 30.2 Å². The molecule has 366 valence electrons. The van der Waals surface area contributed by atoms with E-state index in [9.17, 15) is 29.1 Å². The average Bonchev–Trinajstić information content (AvgIpc) is 3.95. The molecule has 2 amide bonds. The van der Waals surface area contributed by atoms with Gasteiger partial charge in [-0.25, -0.2) is 9.59 Å². The molecule has 17 heteroatoms. The first-order valence-electron chi connectivity index (χ1n) is 20.6. The second kappa shape index (κ2) is 36.5. The van der Waals surface area contributed by atoms with Crippen LogP contribution >= 0.6 is 35.6 Å². The Balaban J connectivity index is -0.000000248. The highest BCUT2D eigenvalue weighted by Crippen LogP contribution is 2.33. The van der Waals surface area contributed by atoms with E-state index in [0.29, 0.717) is 13.0 Å². The van der Waals surface area contributed by atoms with Crippen LogP contribution in [0.2, 0.25) is 0 Å². The van der Waals surface area contributed by atoms with E-state index in [0.717, 1.165) is 62.5 Å². The average molecular weight is 958 g/mol. The Labute approximate surface area is 395 Å². The zero-order chi connectivity index (χ0) is 44.7. The molecule has 3 aliphatic rings. The number of esters is 2. The van der Waals surface area contributed by atoms with Crippen LogP contribution in [0.25, 0.3) is 0 Å². The van der Waals surface area contributed by atoms with Gasteiger partial charge in [0.25, 0.3) is 0 Å². The van der Waals surface area contributed by atoms with Crippen molar-refractivity contribution in [1.29, 1.82) is 0 Å². The number of alkyl carbamates (subject to hydrolysis) is 2. The van der Waals surface area contributed by atoms with E-state index in [1.165, 1.54) is 25.7 Å². The molecule has 0 atom stereocenters. The number of rotatable bonds is 14. The number of aliphatic hydroxyl groups is 1. The summed E-state index contributed by atoms with van der Waals surface area (Å²) >= 11 is 9.53. The third-order valence-corrected chi connectivity index (χ3v) is 9.70. The van der Waals surface area contributed by atoms with Crippen molar-refractivity contribution in [2.24, 2.45) is 5.73 Å². The lowest BCUT2D eigenvalue weighted by Gasteiger charge is -2.24. The van der Waals surface area contributed by atoms with Gasteiger partial charge in [0, 0.05) is 22.5 Å². The second-order valence-corrected chi connectivity index (χ2v) is 16.3. The fourth-order valence-corrected chi connectivity index (χ4v) is 6.44. The van der Waals surface area contributed by atoms with Gasteiger partial charge >= 0.3 is 30.1 Å². The number of carboxylic acids is 1. The van der Waals surface area contributed by atoms with E-state index in [1.807, 2.05) is 81.4 Å². The summed E-state index contributed by atoms with van der Waals surface area (Å²) in [6.07, 6.45) is 12.1. The van der Waals surface area contributed by atoms with Crippen molar-refractivity contribution in [3.05, 3.63) is 71.8 Å². The van der Waals surface area contributed by atoms with Gasteiger partial charge < -0.3 is 45.5 Å². The molecule has 63 heavy (non-hydrogen) atoms. The third-order valence-electron chi connectivity index (χ3n) is 9.70. The largest absolute Gasteiger partial charge is 0.481 e. The van der Waals surface area contributed by atoms with Gasteiger partial charge in [-0.3, -0.25) is 14.4 Å². The Morgan fingerprint density at radius 2 is 0.968 bits per heavy atom. The number of amides is 2. The summed E-state index contributed by atoms with van der Waals surface area (Å²) in [5.74, 6) is -1.38. The number of nitrogens with two attached hydrogens (primary N) is 1. The maximum absolute atomic E-state index is 11.8. The maximum atomic E-state index is 11.8. The van der Waals surface area contributed by atoms with E-state index < -0.39 is 18.2 Å². The molecule has 3 aliphatic carbocycles. The van der Waals surface area contributed by atoms with Crippen LogP contribution in [0.3, 0.4) is 0 Å². The number of benzene rings is 2. The van der Waals surface area contributed by atoms with Crippen LogP contribution in [0.5, 0.6) is 0 Å². The quantitative estimate of drug-likeness (QED) is 0.0680. The van der Waals surface area contributed by atoms with Crippen LogP contribution in [0, 0.1) is 0 Å². The van der Waals surface area contributed by atoms with Gasteiger partial charge in [-0.2, -0.15) is 0 Å². The molecule has 0 aromatic heterocycles. The summed E-state index contributed by atoms with van der Waals surface area (Å²) in [5, 5.41) is 22.6. The molecule has 2 aromatic rings. The molecular formula is C46H80Cl3N3O11. The van der Waals surface area contributed by atoms with E-state index in [1.54, 1.807) is 0 Å². The van der Waals surface area contributed by atoms with Crippen molar-refractivity contribution in [2.45, 2.75) is 162 Å². The Morgan fingerprint density at radius 1 is 0.635 bits per heavy atom. The lowest BCUT2D eigenvalue weighted by atomic mass is 10.1. The van der Waals surface area contributed by atoms with Crippen molar-refractivity contribution in [2.75, 3.05) is 25.0 Å². The van der Waals surface area contributed by atoms with E-state index in [-0.39, 0.29) is 103 Å². The summed E-state index contributed by atoms with van der Waals surface area (Å²) in [7, 11) is 0. The topological polar surface area (TPSA) is 213 Å². The van der Waals surface area contributed by atoms with Crippen LogP contribution in [0.15, 0.2) is 60.7 Å². The van der Waals surface area contributed by atoms with Crippen molar-refractivity contribution in [3.8, 4) is 0 Å². The maximum Gasteiger partial charge on any atom is 0.407 e. The molecule has 0 heterocycles. The third kappa shape index (κ3) is 33.4. The predicted octanol–water partition coefficient (Wildman–Crippen LogP) is 10.7. The van der Waals surface area contributed by atoms with Crippen molar-refractivity contribution < 1.29 is 56.0 Å². The summed E-state index contributed by atoms with van der Waals surface area (Å²) in [4.78, 5) is 55.6. The first kappa shape index (κ1) is 63.5. The molecule has 3 saturated carbocycles. The highest BCUT2D eigenvalue weighted by Gasteiger charge is 2.33. The summed E-state index contributed by atoms with van der Waals surface area (Å²) in [6.45, 7) is 6.98. The molecule has 0 unspecified atom stereocenters. The van der Waals surface area contributed by atoms with Crippen molar-refractivity contribution in [1.82, 2.24) is 10.6 Å². The second-order valence-electron chi connectivity index (χ2n) is 15.5. The number of aliphatic carboxylic acids is 1. The monoisotopic (exact) mass is 955 g/mol. The smallest absolute Gasteiger partial charge is 0.407 e. The molecule has 0 bridgehead atoms. The number of hydrogen-bond donors (Lipinski definition) is 5. The minimum Gasteiger partial charge on any atom is -0.481 e. The van der Waals surface area contributed by atoms with Gasteiger partial charge in [0.2, 0.25) is 0 Å². The van der Waals surface area contributed by atoms with Gasteiger partial charge in [-0.05, 0) is 96.1 Å². The summed E-state index contributed by atoms with van der Waals surface area (Å²) < 4.78 is 20.7. The normalized spacial score (nSPS) is 15.4. The van der Waals surface area contributed by atoms with Crippen LogP contribution < -0.4 is 16.4 Å². The highest BCUT2D eigenvalue weighted by molar-refractivity contribution is 6.40. The zero-order valence-electron chi connectivity index (χ0n) is 35.9. The molecular weight excluding hydrogens is 877 g/mol. The zero-order valence-corrected chi connectivity index (χ0v) is 38.3. The Kier molecular flexibility index (Phi) is 36.8. The molecule has 6 N–H and O–H groups in total. The van der Waals surface area contributed by atoms with Crippen LogP contribution in [-0.4, -0.2) is 82.1 Å². The van der Waals surface area contributed by atoms with Crippen molar-refractivity contribution >= 4 is 65.7 Å². The number of halogens is 3. The summed E-state index contributed by atoms with van der Waals surface area (Å²) in [6, 6.07) is 18.7. The Bertz CT molecular complexity index is 1520. The molecule has 2 aromatic carbocycles. The molecule has 5 rings (SSSR count). The number of carbonyl (C=O) groups is 5. The lowest BCUT2D eigenvalue weighted by Crippen LogP contribution is -2.31. The fourth-order valence-electron chi connectivity index (χ4n) is 6.44. The predicted molar refractivity (Wildman–Crippen MR) is 256 cm³/mol.